The van der Waals surface area contributed by atoms with Crippen molar-refractivity contribution in [2.24, 2.45) is 0 Å². The fraction of sp³-hybridized carbons (Fsp3) is 0.208. The average molecular weight is 416 g/mol. The summed E-state index contributed by atoms with van der Waals surface area (Å²) < 4.78 is 12.7. The van der Waals surface area contributed by atoms with Crippen molar-refractivity contribution < 1.29 is 14.1 Å². The van der Waals surface area contributed by atoms with Crippen LogP contribution in [0.4, 0.5) is 0 Å². The molecule has 4 aromatic rings. The first kappa shape index (κ1) is 20.4. The highest BCUT2D eigenvalue weighted by molar-refractivity contribution is 5.93. The largest absolute Gasteiger partial charge is 0.496 e. The number of aromatic nitrogens is 3. The molecule has 0 unspecified atom stereocenters. The molecule has 0 saturated heterocycles. The third kappa shape index (κ3) is 4.21. The van der Waals surface area contributed by atoms with Gasteiger partial charge in [-0.25, -0.2) is 0 Å². The molecule has 7 nitrogen and oxygen atoms in total. The number of benzene rings is 2. The second-order valence-electron chi connectivity index (χ2n) is 7.12. The Morgan fingerprint density at radius 1 is 1.16 bits per heavy atom. The highest BCUT2D eigenvalue weighted by Gasteiger charge is 2.24. The Hall–Kier alpha value is -3.87. The van der Waals surface area contributed by atoms with Crippen LogP contribution in [0.3, 0.4) is 0 Å². The molecule has 0 spiro atoms. The molecule has 0 fully saturated rings. The van der Waals surface area contributed by atoms with E-state index in [1.807, 2.05) is 79.3 Å². The van der Waals surface area contributed by atoms with E-state index in [1.165, 1.54) is 0 Å². The molecule has 158 valence electrons. The van der Waals surface area contributed by atoms with Crippen molar-refractivity contribution in [1.82, 2.24) is 20.3 Å². The fourth-order valence-electron chi connectivity index (χ4n) is 3.53. The smallest absolute Gasteiger partial charge is 0.290 e. The Balaban J connectivity index is 1.64. The van der Waals surface area contributed by atoms with Gasteiger partial charge in [0.2, 0.25) is 5.76 Å². The van der Waals surface area contributed by atoms with Crippen molar-refractivity contribution in [1.29, 1.82) is 0 Å². The summed E-state index contributed by atoms with van der Waals surface area (Å²) in [5.41, 5.74) is 4.03. The maximum Gasteiger partial charge on any atom is 0.290 e. The zero-order valence-electron chi connectivity index (χ0n) is 17.7. The maximum atomic E-state index is 13.1. The van der Waals surface area contributed by atoms with Crippen molar-refractivity contribution in [3.63, 3.8) is 0 Å². The lowest BCUT2D eigenvalue weighted by Crippen LogP contribution is -2.29. The van der Waals surface area contributed by atoms with E-state index in [-0.39, 0.29) is 11.7 Å². The minimum atomic E-state index is -0.414. The topological polar surface area (TPSA) is 82.2 Å². The van der Waals surface area contributed by atoms with E-state index in [0.29, 0.717) is 11.4 Å². The molecule has 1 N–H and O–H groups in total. The number of ether oxygens (including phenoxy) is 1. The summed E-state index contributed by atoms with van der Waals surface area (Å²) in [6.45, 7) is 4.67. The molecule has 31 heavy (non-hydrogen) atoms. The molecule has 2 heterocycles. The van der Waals surface area contributed by atoms with Crippen LogP contribution in [0.25, 0.3) is 11.3 Å². The third-order valence-corrected chi connectivity index (χ3v) is 5.14. The first-order chi connectivity index (χ1) is 15.1. The molecule has 0 bridgehead atoms. The molecule has 1 amide bonds. The summed E-state index contributed by atoms with van der Waals surface area (Å²) >= 11 is 0. The highest BCUT2D eigenvalue weighted by Crippen LogP contribution is 2.30. The highest BCUT2D eigenvalue weighted by atomic mass is 16.5. The molecule has 0 aliphatic rings. The van der Waals surface area contributed by atoms with E-state index >= 15 is 0 Å². The zero-order valence-corrected chi connectivity index (χ0v) is 17.7. The van der Waals surface area contributed by atoms with Crippen molar-refractivity contribution in [2.45, 2.75) is 26.4 Å². The van der Waals surface area contributed by atoms with Gasteiger partial charge in [0.1, 0.15) is 11.4 Å². The summed E-state index contributed by atoms with van der Waals surface area (Å²) in [4.78, 5) is 13.1. The Bertz CT molecular complexity index is 1180. The van der Waals surface area contributed by atoms with Crippen LogP contribution in [0.5, 0.6) is 5.75 Å². The van der Waals surface area contributed by atoms with Crippen LogP contribution in [-0.2, 0) is 6.54 Å². The minimum absolute atomic E-state index is 0.134. The van der Waals surface area contributed by atoms with Crippen LogP contribution in [0.1, 0.15) is 40.3 Å². The molecule has 0 aliphatic heterocycles. The molecule has 0 radical (unpaired) electrons. The van der Waals surface area contributed by atoms with Crippen LogP contribution in [0, 0.1) is 6.92 Å². The number of nitrogens with zero attached hydrogens (tertiary/aromatic N) is 3. The van der Waals surface area contributed by atoms with Crippen molar-refractivity contribution >= 4 is 5.91 Å². The van der Waals surface area contributed by atoms with Crippen LogP contribution in [-0.4, -0.2) is 28.0 Å². The predicted octanol–water partition coefficient (Wildman–Crippen LogP) is 4.39. The second kappa shape index (κ2) is 8.87. The summed E-state index contributed by atoms with van der Waals surface area (Å²) in [7, 11) is 1.62. The van der Waals surface area contributed by atoms with Gasteiger partial charge in [-0.2, -0.15) is 5.10 Å². The summed E-state index contributed by atoms with van der Waals surface area (Å²) in [6, 6.07) is 18.6. The lowest BCUT2D eigenvalue weighted by atomic mass is 9.97. The molecule has 2 aromatic carbocycles. The standard InChI is InChI=1S/C24H24N4O3/c1-4-28-15-19(16(2)26-28)20-14-22(31-27-20)24(29)25-23(17-10-6-5-7-11-17)18-12-8-9-13-21(18)30-3/h5-15,23H,4H2,1-3H3,(H,25,29)/t23-/m0/s1. The van der Waals surface area contributed by atoms with Gasteiger partial charge < -0.3 is 14.6 Å². The zero-order chi connectivity index (χ0) is 21.8. The predicted molar refractivity (Wildman–Crippen MR) is 117 cm³/mol. The van der Waals surface area contributed by atoms with Gasteiger partial charge in [0, 0.05) is 29.9 Å². The number of para-hydroxylation sites is 1. The van der Waals surface area contributed by atoms with Gasteiger partial charge in [0.25, 0.3) is 5.91 Å². The van der Waals surface area contributed by atoms with E-state index in [1.54, 1.807) is 13.2 Å². The quantitative estimate of drug-likeness (QED) is 0.483. The summed E-state index contributed by atoms with van der Waals surface area (Å²) in [5.74, 6) is 0.464. The number of rotatable bonds is 7. The van der Waals surface area contributed by atoms with Gasteiger partial charge in [0.05, 0.1) is 18.8 Å². The van der Waals surface area contributed by atoms with E-state index < -0.39 is 6.04 Å². The SMILES string of the molecule is CCn1cc(-c2cc(C(=O)N[C@@H](c3ccccc3)c3ccccc3OC)on2)c(C)n1. The van der Waals surface area contributed by atoms with Crippen molar-refractivity contribution in [3.05, 3.63) is 89.4 Å². The minimum Gasteiger partial charge on any atom is -0.496 e. The number of carbonyl (C=O) groups excluding carboxylic acids is 1. The number of carbonyl (C=O) groups is 1. The first-order valence-electron chi connectivity index (χ1n) is 10.1. The molecular weight excluding hydrogens is 392 g/mol. The normalized spacial score (nSPS) is 11.8. The number of hydrogen-bond acceptors (Lipinski definition) is 5. The van der Waals surface area contributed by atoms with Crippen LogP contribution in [0.15, 0.2) is 71.4 Å². The van der Waals surface area contributed by atoms with E-state index in [2.05, 4.69) is 15.6 Å². The van der Waals surface area contributed by atoms with Crippen molar-refractivity contribution in [3.8, 4) is 17.0 Å². The number of aryl methyl sites for hydroxylation is 2. The van der Waals surface area contributed by atoms with Gasteiger partial charge in [-0.1, -0.05) is 53.7 Å². The van der Waals surface area contributed by atoms with Crippen LogP contribution in [0.2, 0.25) is 0 Å². The molecule has 4 rings (SSSR count). The van der Waals surface area contributed by atoms with E-state index in [9.17, 15) is 4.79 Å². The molecule has 0 aliphatic carbocycles. The number of nitrogens with one attached hydrogen (secondary N) is 1. The van der Waals surface area contributed by atoms with E-state index in [4.69, 9.17) is 9.26 Å². The maximum absolute atomic E-state index is 13.1. The van der Waals surface area contributed by atoms with Crippen LogP contribution >= 0.6 is 0 Å². The Morgan fingerprint density at radius 3 is 2.61 bits per heavy atom. The number of amides is 1. The Kier molecular flexibility index (Phi) is 5.84. The third-order valence-electron chi connectivity index (χ3n) is 5.14. The lowest BCUT2D eigenvalue weighted by Gasteiger charge is -2.21. The van der Waals surface area contributed by atoms with Gasteiger partial charge in [-0.05, 0) is 25.5 Å². The van der Waals surface area contributed by atoms with Crippen molar-refractivity contribution in [2.75, 3.05) is 7.11 Å². The Labute approximate surface area is 180 Å². The van der Waals surface area contributed by atoms with Gasteiger partial charge >= 0.3 is 0 Å². The molecule has 1 atom stereocenters. The fourth-order valence-corrected chi connectivity index (χ4v) is 3.53. The molecule has 2 aromatic heterocycles. The summed E-state index contributed by atoms with van der Waals surface area (Å²) in [6.07, 6.45) is 1.90. The molecular formula is C24H24N4O3. The number of hydrogen-bond donors (Lipinski definition) is 1. The van der Waals surface area contributed by atoms with Gasteiger partial charge in [-0.15, -0.1) is 0 Å². The summed E-state index contributed by atoms with van der Waals surface area (Å²) in [5, 5.41) is 11.6. The van der Waals surface area contributed by atoms with Crippen LogP contribution < -0.4 is 10.1 Å². The number of methoxy groups -OCH3 is 1. The average Bonchev–Trinajstić information content (AvgIpc) is 3.44. The lowest BCUT2D eigenvalue weighted by molar-refractivity contribution is 0.0905. The second-order valence-corrected chi connectivity index (χ2v) is 7.12. The first-order valence-corrected chi connectivity index (χ1v) is 10.1. The van der Waals surface area contributed by atoms with E-state index in [0.717, 1.165) is 28.9 Å². The van der Waals surface area contributed by atoms with Gasteiger partial charge in [0.15, 0.2) is 0 Å². The molecule has 7 heteroatoms. The molecule has 0 saturated carbocycles. The Morgan fingerprint density at radius 2 is 1.90 bits per heavy atom. The monoisotopic (exact) mass is 416 g/mol. The van der Waals surface area contributed by atoms with Gasteiger partial charge in [-0.3, -0.25) is 9.48 Å².